The third-order valence-corrected chi connectivity index (χ3v) is 5.76. The lowest BCUT2D eigenvalue weighted by Crippen LogP contribution is -2.55. The van der Waals surface area contributed by atoms with Gasteiger partial charge in [0.2, 0.25) is 0 Å². The second-order valence-electron chi connectivity index (χ2n) is 7.49. The van der Waals surface area contributed by atoms with E-state index in [4.69, 9.17) is 0 Å². The first-order valence-electron chi connectivity index (χ1n) is 9.15. The second-order valence-corrected chi connectivity index (χ2v) is 7.49. The van der Waals surface area contributed by atoms with Gasteiger partial charge in [0, 0.05) is 13.1 Å². The molecule has 0 bridgehead atoms. The molecule has 1 aliphatic rings. The second kappa shape index (κ2) is 7.60. The van der Waals surface area contributed by atoms with E-state index < -0.39 is 17.5 Å². The van der Waals surface area contributed by atoms with Crippen LogP contribution in [0.15, 0.2) is 48.5 Å². The average Bonchev–Trinajstić information content (AvgIpc) is 2.61. The first-order valence-corrected chi connectivity index (χ1v) is 9.15. The maximum Gasteiger partial charge on any atom is 0.312 e. The van der Waals surface area contributed by atoms with Crippen molar-refractivity contribution in [1.82, 2.24) is 4.90 Å². The van der Waals surface area contributed by atoms with E-state index in [2.05, 4.69) is 36.9 Å². The molecule has 3 rings (SSSR count). The van der Waals surface area contributed by atoms with Gasteiger partial charge < -0.3 is 10.2 Å². The number of hydrogen-bond acceptors (Lipinski definition) is 3. The molecule has 0 amide bonds. The maximum atomic E-state index is 12.1. The van der Waals surface area contributed by atoms with Crippen LogP contribution in [0.3, 0.4) is 0 Å². The van der Waals surface area contributed by atoms with Crippen LogP contribution in [0.2, 0.25) is 0 Å². The van der Waals surface area contributed by atoms with E-state index in [1.807, 2.05) is 30.3 Å². The van der Waals surface area contributed by atoms with E-state index in [0.29, 0.717) is 25.9 Å². The molecule has 138 valence electrons. The molecule has 0 spiro atoms. The van der Waals surface area contributed by atoms with Crippen molar-refractivity contribution in [3.8, 4) is 0 Å². The number of nitrogens with zero attached hydrogens (tertiary/aromatic N) is 1. The number of likely N-dealkylation sites (tertiary alicyclic amines) is 1. The molecule has 1 aliphatic heterocycles. The highest BCUT2D eigenvalue weighted by atomic mass is 16.4. The lowest BCUT2D eigenvalue weighted by Gasteiger charge is -2.43. The summed E-state index contributed by atoms with van der Waals surface area (Å²) in [5, 5.41) is 20.7. The standard InChI is InChI=1S/C22H27NO3/c1-16-7-6-8-17(2)19(16)14-23-12-11-22(21(25)26,20(24)15-23)13-18-9-4-3-5-10-18/h3-10,20,24H,11-15H2,1-2H3,(H,25,26)/t20-,22-/m1/s1. The number of aliphatic hydroxyl groups excluding tert-OH is 1. The first-order chi connectivity index (χ1) is 12.4. The fourth-order valence-electron chi connectivity index (χ4n) is 3.99. The van der Waals surface area contributed by atoms with E-state index >= 15 is 0 Å². The Morgan fingerprint density at radius 3 is 2.35 bits per heavy atom. The Morgan fingerprint density at radius 2 is 1.77 bits per heavy atom. The average molecular weight is 353 g/mol. The molecule has 2 aromatic rings. The molecule has 2 aromatic carbocycles. The lowest BCUT2D eigenvalue weighted by atomic mass is 9.71. The van der Waals surface area contributed by atoms with Crippen LogP contribution in [-0.4, -0.2) is 40.3 Å². The van der Waals surface area contributed by atoms with Crippen molar-refractivity contribution < 1.29 is 15.0 Å². The van der Waals surface area contributed by atoms with E-state index in [1.165, 1.54) is 16.7 Å². The number of hydrogen-bond donors (Lipinski definition) is 2. The first kappa shape index (κ1) is 18.6. The quantitative estimate of drug-likeness (QED) is 0.867. The number of benzene rings is 2. The fourth-order valence-corrected chi connectivity index (χ4v) is 3.99. The number of rotatable bonds is 5. The highest BCUT2D eigenvalue weighted by molar-refractivity contribution is 5.76. The third-order valence-electron chi connectivity index (χ3n) is 5.76. The lowest BCUT2D eigenvalue weighted by molar-refractivity contribution is -0.163. The van der Waals surface area contributed by atoms with E-state index in [-0.39, 0.29) is 0 Å². The number of aliphatic hydroxyl groups is 1. The fraction of sp³-hybridized carbons (Fsp3) is 0.409. The van der Waals surface area contributed by atoms with Gasteiger partial charge in [-0.05, 0) is 55.5 Å². The number of carboxylic acid groups (broad SMARTS) is 1. The summed E-state index contributed by atoms with van der Waals surface area (Å²) in [7, 11) is 0. The minimum Gasteiger partial charge on any atom is -0.481 e. The maximum absolute atomic E-state index is 12.1. The van der Waals surface area contributed by atoms with Gasteiger partial charge in [0.05, 0.1) is 6.10 Å². The van der Waals surface area contributed by atoms with E-state index in [9.17, 15) is 15.0 Å². The molecular formula is C22H27NO3. The Bertz CT molecular complexity index is 754. The molecule has 1 saturated heterocycles. The molecule has 0 radical (unpaired) electrons. The Kier molecular flexibility index (Phi) is 5.44. The normalized spacial score (nSPS) is 23.7. The molecule has 26 heavy (non-hydrogen) atoms. The number of carboxylic acids is 1. The molecule has 1 heterocycles. The van der Waals surface area contributed by atoms with Gasteiger partial charge in [-0.3, -0.25) is 9.69 Å². The summed E-state index contributed by atoms with van der Waals surface area (Å²) in [6.45, 7) is 5.99. The van der Waals surface area contributed by atoms with Gasteiger partial charge in [0.15, 0.2) is 0 Å². The van der Waals surface area contributed by atoms with Crippen molar-refractivity contribution in [2.24, 2.45) is 5.41 Å². The number of piperidine rings is 1. The van der Waals surface area contributed by atoms with Crippen LogP contribution in [0.1, 0.15) is 28.7 Å². The monoisotopic (exact) mass is 353 g/mol. The topological polar surface area (TPSA) is 60.8 Å². The summed E-state index contributed by atoms with van der Waals surface area (Å²) in [5.74, 6) is -0.902. The van der Waals surface area contributed by atoms with Crippen molar-refractivity contribution in [2.75, 3.05) is 13.1 Å². The number of carbonyl (C=O) groups is 1. The van der Waals surface area contributed by atoms with E-state index in [0.717, 1.165) is 12.1 Å². The predicted octanol–water partition coefficient (Wildman–Crippen LogP) is 3.18. The van der Waals surface area contributed by atoms with Crippen LogP contribution >= 0.6 is 0 Å². The van der Waals surface area contributed by atoms with Crippen LogP contribution in [-0.2, 0) is 17.8 Å². The number of aliphatic carboxylic acids is 1. The van der Waals surface area contributed by atoms with Gasteiger partial charge in [0.25, 0.3) is 0 Å². The van der Waals surface area contributed by atoms with Crippen LogP contribution in [0.25, 0.3) is 0 Å². The molecule has 0 saturated carbocycles. The van der Waals surface area contributed by atoms with Crippen molar-refractivity contribution in [2.45, 2.75) is 39.3 Å². The zero-order chi connectivity index (χ0) is 18.7. The third kappa shape index (κ3) is 3.67. The molecule has 2 atom stereocenters. The molecule has 0 aliphatic carbocycles. The van der Waals surface area contributed by atoms with Crippen molar-refractivity contribution in [3.05, 3.63) is 70.8 Å². The molecular weight excluding hydrogens is 326 g/mol. The van der Waals surface area contributed by atoms with Crippen molar-refractivity contribution in [1.29, 1.82) is 0 Å². The van der Waals surface area contributed by atoms with Crippen LogP contribution < -0.4 is 0 Å². The summed E-state index contributed by atoms with van der Waals surface area (Å²) in [4.78, 5) is 14.3. The highest BCUT2D eigenvalue weighted by Gasteiger charge is 2.48. The van der Waals surface area contributed by atoms with Crippen molar-refractivity contribution in [3.63, 3.8) is 0 Å². The van der Waals surface area contributed by atoms with Gasteiger partial charge in [-0.25, -0.2) is 0 Å². The molecule has 0 unspecified atom stereocenters. The number of β-amino-alcohol motifs (C(OH)–C–C–N with tert-alkyl or cyclic N) is 1. The van der Waals surface area contributed by atoms with Crippen molar-refractivity contribution >= 4 is 5.97 Å². The van der Waals surface area contributed by atoms with Gasteiger partial charge in [-0.15, -0.1) is 0 Å². The zero-order valence-corrected chi connectivity index (χ0v) is 15.5. The summed E-state index contributed by atoms with van der Waals surface area (Å²) in [6, 6.07) is 15.8. The van der Waals surface area contributed by atoms with Crippen LogP contribution in [0, 0.1) is 19.3 Å². The highest BCUT2D eigenvalue weighted by Crippen LogP contribution is 2.36. The summed E-state index contributed by atoms with van der Waals surface area (Å²) in [5.41, 5.74) is 3.58. The Balaban J connectivity index is 1.76. The molecule has 4 nitrogen and oxygen atoms in total. The minimum absolute atomic E-state index is 0.363. The summed E-state index contributed by atoms with van der Waals surface area (Å²) < 4.78 is 0. The van der Waals surface area contributed by atoms with Gasteiger partial charge >= 0.3 is 5.97 Å². The predicted molar refractivity (Wildman–Crippen MR) is 102 cm³/mol. The Hall–Kier alpha value is -2.17. The van der Waals surface area contributed by atoms with Gasteiger partial charge in [-0.2, -0.15) is 0 Å². The smallest absolute Gasteiger partial charge is 0.312 e. The minimum atomic E-state index is -1.11. The Labute approximate surface area is 155 Å². The molecule has 4 heteroatoms. The zero-order valence-electron chi connectivity index (χ0n) is 15.5. The molecule has 1 fully saturated rings. The van der Waals surface area contributed by atoms with Gasteiger partial charge in [-0.1, -0.05) is 48.5 Å². The summed E-state index contributed by atoms with van der Waals surface area (Å²) in [6.07, 6.45) is -0.0801. The van der Waals surface area contributed by atoms with Gasteiger partial charge in [0.1, 0.15) is 5.41 Å². The largest absolute Gasteiger partial charge is 0.481 e. The number of aryl methyl sites for hydroxylation is 2. The van der Waals surface area contributed by atoms with Crippen LogP contribution in [0.4, 0.5) is 0 Å². The van der Waals surface area contributed by atoms with Crippen LogP contribution in [0.5, 0.6) is 0 Å². The Morgan fingerprint density at radius 1 is 1.12 bits per heavy atom. The van der Waals surface area contributed by atoms with E-state index in [1.54, 1.807) is 0 Å². The summed E-state index contributed by atoms with van der Waals surface area (Å²) >= 11 is 0. The SMILES string of the molecule is Cc1cccc(C)c1CN1CC[C@](Cc2ccccc2)(C(=O)O)[C@H](O)C1. The molecule has 0 aromatic heterocycles. The molecule has 2 N–H and O–H groups in total.